The molecule has 0 amide bonds. The Bertz CT molecular complexity index is 800. The maximum absolute atomic E-state index is 13.1. The lowest BCUT2D eigenvalue weighted by Crippen LogP contribution is -2.36. The molecule has 1 aromatic carbocycles. The Balaban J connectivity index is 2.38. The zero-order chi connectivity index (χ0) is 17.9. The molecule has 0 aliphatic heterocycles. The largest absolute Gasteiger partial charge is 0.465 e. The van der Waals surface area contributed by atoms with Gasteiger partial charge in [-0.25, -0.2) is 8.42 Å². The van der Waals surface area contributed by atoms with Crippen molar-refractivity contribution in [2.24, 2.45) is 0 Å². The van der Waals surface area contributed by atoms with Crippen molar-refractivity contribution >= 4 is 21.6 Å². The van der Waals surface area contributed by atoms with Gasteiger partial charge in [-0.15, -0.1) is 0 Å². The molecule has 0 saturated carbocycles. The Hall–Kier alpha value is -1.34. The van der Waals surface area contributed by atoms with E-state index < -0.39 is 10.0 Å². The molecular weight excluding hydrogens is 348 g/mol. The van der Waals surface area contributed by atoms with Gasteiger partial charge in [0.1, 0.15) is 11.5 Å². The van der Waals surface area contributed by atoms with Crippen molar-refractivity contribution in [1.82, 2.24) is 9.21 Å². The molecule has 0 fully saturated rings. The molecule has 2 aromatic rings. The molecule has 0 spiro atoms. The van der Waals surface area contributed by atoms with Gasteiger partial charge in [0.25, 0.3) is 0 Å². The molecule has 7 heteroatoms. The first kappa shape index (κ1) is 19.0. The third-order valence-electron chi connectivity index (χ3n) is 3.76. The monoisotopic (exact) mass is 370 g/mol. The molecule has 0 saturated heterocycles. The van der Waals surface area contributed by atoms with E-state index in [9.17, 15) is 8.42 Å². The Kier molecular flexibility index (Phi) is 6.09. The highest BCUT2D eigenvalue weighted by molar-refractivity contribution is 7.89. The number of halogens is 1. The minimum atomic E-state index is -3.68. The second-order valence-corrected chi connectivity index (χ2v) is 8.33. The Morgan fingerprint density at radius 1 is 1.08 bits per heavy atom. The smallest absolute Gasteiger partial charge is 0.243 e. The zero-order valence-corrected chi connectivity index (χ0v) is 16.0. The number of rotatable bonds is 7. The van der Waals surface area contributed by atoms with Gasteiger partial charge >= 0.3 is 0 Å². The van der Waals surface area contributed by atoms with Gasteiger partial charge in [-0.1, -0.05) is 17.7 Å². The van der Waals surface area contributed by atoms with Crippen LogP contribution in [0.2, 0.25) is 5.02 Å². The van der Waals surface area contributed by atoms with Gasteiger partial charge in [0.15, 0.2) is 0 Å². The molecule has 5 nitrogen and oxygen atoms in total. The summed E-state index contributed by atoms with van der Waals surface area (Å²) in [5.41, 5.74) is 0.560. The molecule has 1 aromatic heterocycles. The summed E-state index contributed by atoms with van der Waals surface area (Å²) < 4.78 is 33.3. The fourth-order valence-electron chi connectivity index (χ4n) is 2.35. The average molecular weight is 371 g/mol. The maximum Gasteiger partial charge on any atom is 0.243 e. The number of likely N-dealkylation sites (N-methyl/N-ethyl adjacent to an activating group) is 1. The maximum atomic E-state index is 13.1. The molecule has 1 heterocycles. The van der Waals surface area contributed by atoms with Gasteiger partial charge in [0.2, 0.25) is 10.0 Å². The highest BCUT2D eigenvalue weighted by Gasteiger charge is 2.27. The van der Waals surface area contributed by atoms with E-state index in [2.05, 4.69) is 0 Å². The summed E-state index contributed by atoms with van der Waals surface area (Å²) in [5.74, 6) is 1.38. The third kappa shape index (κ3) is 4.39. The number of aryl methyl sites for hydroxylation is 1. The van der Waals surface area contributed by atoms with E-state index in [0.29, 0.717) is 29.4 Å². The van der Waals surface area contributed by atoms with E-state index in [1.165, 1.54) is 4.31 Å². The van der Waals surface area contributed by atoms with Crippen molar-refractivity contribution in [1.29, 1.82) is 0 Å². The van der Waals surface area contributed by atoms with Crippen LogP contribution in [0.3, 0.4) is 0 Å². The molecule has 132 valence electrons. The lowest BCUT2D eigenvalue weighted by molar-refractivity contribution is 0.310. The molecule has 0 bridgehead atoms. The fraction of sp³-hybridized carbons (Fsp3) is 0.412. The van der Waals surface area contributed by atoms with E-state index in [4.69, 9.17) is 16.0 Å². The van der Waals surface area contributed by atoms with Crippen molar-refractivity contribution in [2.45, 2.75) is 25.3 Å². The summed E-state index contributed by atoms with van der Waals surface area (Å²) in [5, 5.41) is 0.442. The van der Waals surface area contributed by atoms with Crippen LogP contribution in [0.1, 0.15) is 17.1 Å². The SMILES string of the molecule is Cc1ccc(CN(CCN(C)C)S(=O)(=O)c2cccc(Cl)c2C)o1. The van der Waals surface area contributed by atoms with Crippen LogP contribution in [0.5, 0.6) is 0 Å². The molecule has 24 heavy (non-hydrogen) atoms. The van der Waals surface area contributed by atoms with Gasteiger partial charge in [-0.05, 0) is 57.8 Å². The standard InChI is InChI=1S/C17H23ClN2O3S/c1-13-8-9-15(23-13)12-20(11-10-19(3)4)24(21,22)17-7-5-6-16(18)14(17)2/h5-9H,10-12H2,1-4H3. The van der Waals surface area contributed by atoms with Crippen molar-refractivity contribution < 1.29 is 12.8 Å². The second-order valence-electron chi connectivity index (χ2n) is 6.02. The lowest BCUT2D eigenvalue weighted by atomic mass is 10.2. The minimum absolute atomic E-state index is 0.190. The van der Waals surface area contributed by atoms with Crippen molar-refractivity contribution in [3.8, 4) is 0 Å². The van der Waals surface area contributed by atoms with Gasteiger partial charge in [0.05, 0.1) is 11.4 Å². The van der Waals surface area contributed by atoms with E-state index in [-0.39, 0.29) is 11.4 Å². The van der Waals surface area contributed by atoms with Crippen LogP contribution in [-0.4, -0.2) is 44.8 Å². The van der Waals surface area contributed by atoms with Crippen LogP contribution in [0, 0.1) is 13.8 Å². The summed E-state index contributed by atoms with van der Waals surface area (Å²) in [6.45, 7) is 4.72. The quantitative estimate of drug-likeness (QED) is 0.750. The zero-order valence-electron chi connectivity index (χ0n) is 14.4. The average Bonchev–Trinajstić information content (AvgIpc) is 2.91. The summed E-state index contributed by atoms with van der Waals surface area (Å²) >= 11 is 6.11. The van der Waals surface area contributed by atoms with E-state index in [1.807, 2.05) is 32.0 Å². The van der Waals surface area contributed by atoms with E-state index in [0.717, 1.165) is 5.76 Å². The number of hydrogen-bond acceptors (Lipinski definition) is 4. The highest BCUT2D eigenvalue weighted by atomic mass is 35.5. The summed E-state index contributed by atoms with van der Waals surface area (Å²) in [4.78, 5) is 2.18. The van der Waals surface area contributed by atoms with Crippen LogP contribution < -0.4 is 0 Å². The summed E-state index contributed by atoms with van der Waals surface area (Å²) in [6.07, 6.45) is 0. The molecular formula is C17H23ClN2O3S. The first-order valence-electron chi connectivity index (χ1n) is 7.67. The van der Waals surface area contributed by atoms with Crippen LogP contribution in [0.4, 0.5) is 0 Å². The van der Waals surface area contributed by atoms with Crippen LogP contribution in [0.25, 0.3) is 0 Å². The predicted octanol–water partition coefficient (Wildman–Crippen LogP) is 3.30. The number of nitrogens with zero attached hydrogens (tertiary/aromatic N) is 2. The number of sulfonamides is 1. The van der Waals surface area contributed by atoms with Gasteiger partial charge in [-0.3, -0.25) is 0 Å². The van der Waals surface area contributed by atoms with Crippen LogP contribution >= 0.6 is 11.6 Å². The normalized spacial score (nSPS) is 12.3. The highest BCUT2D eigenvalue weighted by Crippen LogP contribution is 2.26. The second kappa shape index (κ2) is 7.70. The summed E-state index contributed by atoms with van der Waals surface area (Å²) in [6, 6.07) is 8.57. The molecule has 0 atom stereocenters. The van der Waals surface area contributed by atoms with E-state index in [1.54, 1.807) is 31.2 Å². The fourth-order valence-corrected chi connectivity index (χ4v) is 4.22. The molecule has 0 aliphatic rings. The third-order valence-corrected chi connectivity index (χ3v) is 6.16. The topological polar surface area (TPSA) is 53.8 Å². The Morgan fingerprint density at radius 2 is 1.79 bits per heavy atom. The Labute approximate surface area is 148 Å². The van der Waals surface area contributed by atoms with Gasteiger partial charge in [-0.2, -0.15) is 4.31 Å². The number of benzene rings is 1. The molecule has 2 rings (SSSR count). The Morgan fingerprint density at radius 3 is 2.38 bits per heavy atom. The first-order valence-corrected chi connectivity index (χ1v) is 9.49. The van der Waals surface area contributed by atoms with Crippen LogP contribution in [-0.2, 0) is 16.6 Å². The molecule has 0 radical (unpaired) electrons. The minimum Gasteiger partial charge on any atom is -0.465 e. The number of hydrogen-bond donors (Lipinski definition) is 0. The molecule has 0 unspecified atom stereocenters. The van der Waals surface area contributed by atoms with Gasteiger partial charge < -0.3 is 9.32 Å². The predicted molar refractivity (Wildman–Crippen MR) is 95.8 cm³/mol. The first-order chi connectivity index (χ1) is 11.2. The van der Waals surface area contributed by atoms with Crippen molar-refractivity contribution in [3.05, 3.63) is 52.4 Å². The van der Waals surface area contributed by atoms with Crippen molar-refractivity contribution in [3.63, 3.8) is 0 Å². The van der Waals surface area contributed by atoms with E-state index >= 15 is 0 Å². The summed E-state index contributed by atoms with van der Waals surface area (Å²) in [7, 11) is 0.142. The molecule has 0 N–H and O–H groups in total. The van der Waals surface area contributed by atoms with Crippen molar-refractivity contribution in [2.75, 3.05) is 27.2 Å². The number of furan rings is 1. The van der Waals surface area contributed by atoms with Crippen LogP contribution in [0.15, 0.2) is 39.6 Å². The molecule has 0 aliphatic carbocycles. The lowest BCUT2D eigenvalue weighted by Gasteiger charge is -2.24. The van der Waals surface area contributed by atoms with Gasteiger partial charge in [0, 0.05) is 18.1 Å².